The molecular formula is C24H32N2O6Y10. The van der Waals surface area contributed by atoms with Gasteiger partial charge in [-0.1, -0.05) is 25.6 Å². The third kappa shape index (κ3) is 31.0. The number of methoxy groups -OCH3 is 2. The van der Waals surface area contributed by atoms with Crippen molar-refractivity contribution in [2.75, 3.05) is 20.8 Å². The first kappa shape index (κ1) is 78.5. The predicted molar refractivity (Wildman–Crippen MR) is 127 cm³/mol. The van der Waals surface area contributed by atoms with Crippen molar-refractivity contribution in [3.8, 4) is 23.0 Å². The van der Waals surface area contributed by atoms with E-state index in [1.807, 2.05) is 0 Å². The van der Waals surface area contributed by atoms with Crippen LogP contribution in [0.25, 0.3) is 12.2 Å². The van der Waals surface area contributed by atoms with E-state index in [1.165, 1.54) is 32.4 Å². The Balaban J connectivity index is -0.0000000890. The van der Waals surface area contributed by atoms with Gasteiger partial charge in [0.2, 0.25) is 0 Å². The van der Waals surface area contributed by atoms with Gasteiger partial charge in [0, 0.05) is 327 Å². The summed E-state index contributed by atoms with van der Waals surface area (Å²) in [6, 6.07) is 7.83. The van der Waals surface area contributed by atoms with Gasteiger partial charge in [-0.25, -0.2) is 0 Å². The van der Waals surface area contributed by atoms with Gasteiger partial charge in [0.1, 0.15) is 0 Å². The van der Waals surface area contributed by atoms with Crippen molar-refractivity contribution in [3.63, 3.8) is 0 Å². The SMILES string of the molecule is C.COc1cc(/C=C/C(=O)CC(=O)/C=C/c2cc(OC)c(O)cc2CCN)ccc1O.N.[Y].[Y].[Y].[Y].[Y].[Y].[Y].[Y].[Y].[Y]. The first-order valence-electron chi connectivity index (χ1n) is 9.26. The van der Waals surface area contributed by atoms with Crippen molar-refractivity contribution in [2.24, 2.45) is 5.73 Å². The predicted octanol–water partition coefficient (Wildman–Crippen LogP) is 3.64. The molecule has 0 bridgehead atoms. The molecule has 2 aromatic rings. The second kappa shape index (κ2) is 46.4. The van der Waals surface area contributed by atoms with Crippen LogP contribution in [-0.2, 0) is 343 Å². The van der Waals surface area contributed by atoms with Crippen LogP contribution in [0.5, 0.6) is 23.0 Å². The van der Waals surface area contributed by atoms with Gasteiger partial charge >= 0.3 is 0 Å². The van der Waals surface area contributed by atoms with E-state index < -0.39 is 0 Å². The molecule has 42 heavy (non-hydrogen) atoms. The first-order chi connectivity index (χ1) is 14.4. The zero-order chi connectivity index (χ0) is 22.1. The third-order valence-corrected chi connectivity index (χ3v) is 4.32. The minimum absolute atomic E-state index is 0. The summed E-state index contributed by atoms with van der Waals surface area (Å²) >= 11 is 0. The zero-order valence-corrected chi connectivity index (χ0v) is 51.8. The molecule has 0 aliphatic rings. The molecule has 0 spiro atoms. The van der Waals surface area contributed by atoms with Gasteiger partial charge in [0.25, 0.3) is 0 Å². The van der Waals surface area contributed by atoms with E-state index in [2.05, 4.69) is 0 Å². The molecule has 0 aliphatic carbocycles. The topological polar surface area (TPSA) is 154 Å². The van der Waals surface area contributed by atoms with Crippen LogP contribution >= 0.6 is 0 Å². The van der Waals surface area contributed by atoms with Crippen LogP contribution in [0.15, 0.2) is 42.5 Å². The summed E-state index contributed by atoms with van der Waals surface area (Å²) in [5, 5.41) is 19.5. The Labute approximate surface area is 502 Å². The Bertz CT molecular complexity index is 1020. The first-order valence-corrected chi connectivity index (χ1v) is 9.26. The number of phenolic OH excluding ortho intramolecular Hbond substituents is 2. The minimum atomic E-state index is -0.362. The minimum Gasteiger partial charge on any atom is -0.504 e. The standard InChI is InChI=1S/C23H25NO6.CH4.H3N.10Y/c1-29-22-11-15(4-8-20(22)27)3-6-18(25)14-19(26)7-5-16-13-23(30-2)21(28)12-17(16)9-10-24;;;;;;;;;;;;/h3-8,11-13,27-28H,9-10,14,24H2,1-2H3;1H4;1H3;;;;;;;;;;/b6-3+,7-5+;;;;;;;;;;;;. The molecule has 8 nitrogen and oxygen atoms in total. The Morgan fingerprint density at radius 2 is 1.19 bits per heavy atom. The van der Waals surface area contributed by atoms with E-state index in [1.54, 1.807) is 36.4 Å². The van der Waals surface area contributed by atoms with Crippen LogP contribution in [0.4, 0.5) is 0 Å². The van der Waals surface area contributed by atoms with Gasteiger partial charge in [0.05, 0.1) is 20.6 Å². The number of allylic oxidation sites excluding steroid dienone is 2. The Hall–Kier alpha value is 7.42. The average Bonchev–Trinajstić information content (AvgIpc) is 2.72. The number of carbonyl (C=O) groups is 2. The van der Waals surface area contributed by atoms with Crippen molar-refractivity contribution in [1.29, 1.82) is 0 Å². The number of hydrogen-bond acceptors (Lipinski definition) is 8. The number of rotatable bonds is 10. The van der Waals surface area contributed by atoms with Gasteiger partial charge in [0.15, 0.2) is 34.6 Å². The van der Waals surface area contributed by atoms with Gasteiger partial charge in [-0.05, 0) is 66.1 Å². The maximum atomic E-state index is 12.2. The van der Waals surface area contributed by atoms with E-state index in [4.69, 9.17) is 15.2 Å². The van der Waals surface area contributed by atoms with Gasteiger partial charge < -0.3 is 31.6 Å². The number of carbonyl (C=O) groups excluding carboxylic acids is 2. The molecule has 2 aromatic carbocycles. The summed E-state index contributed by atoms with van der Waals surface area (Å²) in [5.74, 6) is -0.148. The molecule has 18 heteroatoms. The van der Waals surface area contributed by atoms with Crippen LogP contribution in [0.1, 0.15) is 30.5 Å². The van der Waals surface area contributed by atoms with E-state index in [-0.39, 0.29) is 376 Å². The Morgan fingerprint density at radius 1 is 0.738 bits per heavy atom. The quantitative estimate of drug-likeness (QED) is 0.208. The summed E-state index contributed by atoms with van der Waals surface area (Å²) in [5.41, 5.74) is 7.71. The van der Waals surface area contributed by atoms with Crippen molar-refractivity contribution in [1.82, 2.24) is 6.15 Å². The van der Waals surface area contributed by atoms with Crippen LogP contribution in [0, 0.1) is 0 Å². The van der Waals surface area contributed by atoms with E-state index in [9.17, 15) is 19.8 Å². The molecule has 204 valence electrons. The van der Waals surface area contributed by atoms with Crippen LogP contribution in [-0.4, -0.2) is 42.5 Å². The largest absolute Gasteiger partial charge is 0.504 e. The van der Waals surface area contributed by atoms with Crippen molar-refractivity contribution in [3.05, 3.63) is 59.2 Å². The van der Waals surface area contributed by atoms with Gasteiger partial charge in [-0.2, -0.15) is 0 Å². The molecule has 0 aliphatic heterocycles. The maximum absolute atomic E-state index is 12.2. The number of ether oxygens (including phenoxy) is 2. The zero-order valence-electron chi connectivity index (χ0n) is 23.4. The average molecular weight is 1330 g/mol. The summed E-state index contributed by atoms with van der Waals surface area (Å²) < 4.78 is 10.1. The molecule has 0 fully saturated rings. The normalized spacial score (nSPS) is 7.98. The Morgan fingerprint density at radius 3 is 1.64 bits per heavy atom. The molecule has 10 radical (unpaired) electrons. The maximum Gasteiger partial charge on any atom is 0.163 e. The summed E-state index contributed by atoms with van der Waals surface area (Å²) in [4.78, 5) is 24.3. The molecule has 0 saturated carbocycles. The summed E-state index contributed by atoms with van der Waals surface area (Å²) in [6.45, 7) is 0.381. The van der Waals surface area contributed by atoms with Crippen molar-refractivity contribution in [2.45, 2.75) is 20.3 Å². The fraction of sp³-hybridized carbons (Fsp3) is 0.250. The number of hydrogen-bond donors (Lipinski definition) is 4. The Kier molecular flexibility index (Phi) is 86.8. The summed E-state index contributed by atoms with van der Waals surface area (Å²) in [7, 11) is 2.87. The molecule has 2 rings (SSSR count). The molecule has 0 amide bonds. The third-order valence-electron chi connectivity index (χ3n) is 4.32. The molecule has 0 heterocycles. The summed E-state index contributed by atoms with van der Waals surface area (Å²) in [6.07, 6.45) is 5.98. The van der Waals surface area contributed by atoms with E-state index in [0.29, 0.717) is 29.8 Å². The van der Waals surface area contributed by atoms with Gasteiger partial charge in [-0.3, -0.25) is 9.59 Å². The van der Waals surface area contributed by atoms with Crippen LogP contribution in [0.3, 0.4) is 0 Å². The molecule has 0 saturated heterocycles. The van der Waals surface area contributed by atoms with Crippen LogP contribution in [0.2, 0.25) is 0 Å². The van der Waals surface area contributed by atoms with E-state index in [0.717, 1.165) is 5.56 Å². The fourth-order valence-electron chi connectivity index (χ4n) is 2.78. The molecule has 0 unspecified atom stereocenters. The molecular weight excluding hydrogens is 1300 g/mol. The number of benzene rings is 2. The van der Waals surface area contributed by atoms with Gasteiger partial charge in [-0.15, -0.1) is 0 Å². The monoisotopic (exact) mass is 1330 g/mol. The smallest absolute Gasteiger partial charge is 0.163 e. The van der Waals surface area contributed by atoms with Crippen molar-refractivity contribution < 1.29 is 356 Å². The molecule has 7 N–H and O–H groups in total. The fourth-order valence-corrected chi connectivity index (χ4v) is 2.78. The van der Waals surface area contributed by atoms with E-state index >= 15 is 0 Å². The second-order valence-electron chi connectivity index (χ2n) is 6.47. The van der Waals surface area contributed by atoms with Crippen LogP contribution < -0.4 is 21.4 Å². The number of aromatic hydroxyl groups is 2. The number of phenols is 2. The second-order valence-corrected chi connectivity index (χ2v) is 6.47. The number of ketones is 2. The number of nitrogens with two attached hydrogens (primary N) is 1. The molecule has 0 aromatic heterocycles. The van der Waals surface area contributed by atoms with Crippen molar-refractivity contribution >= 4 is 23.7 Å². The molecule has 0 atom stereocenters.